The average Bonchev–Trinajstić information content (AvgIpc) is 2.54. The van der Waals surface area contributed by atoms with Crippen molar-refractivity contribution in [1.29, 1.82) is 0 Å². The number of nitrogens with zero attached hydrogens (tertiary/aromatic N) is 1. The van der Waals surface area contributed by atoms with E-state index in [1.807, 2.05) is 36.1 Å². The summed E-state index contributed by atoms with van der Waals surface area (Å²) in [5.41, 5.74) is 7.02. The second kappa shape index (κ2) is 7.83. The molecule has 1 aliphatic heterocycles. The summed E-state index contributed by atoms with van der Waals surface area (Å²) in [6.45, 7) is 5.42. The molecule has 0 amide bonds. The Balaban J connectivity index is 2.64. The molecule has 7 nitrogen and oxygen atoms in total. The highest BCUT2D eigenvalue weighted by atomic mass is 16.5. The fraction of sp³-hybridized carbons (Fsp3) is 0.389. The Labute approximate surface area is 146 Å². The van der Waals surface area contributed by atoms with Crippen LogP contribution >= 0.6 is 0 Å². The van der Waals surface area contributed by atoms with Crippen LogP contribution in [-0.2, 0) is 30.8 Å². The molecule has 134 valence electrons. The highest BCUT2D eigenvalue weighted by Crippen LogP contribution is 2.39. The topological polar surface area (TPSA) is 91.7 Å². The van der Waals surface area contributed by atoms with Gasteiger partial charge in [0.05, 0.1) is 24.7 Å². The summed E-state index contributed by atoms with van der Waals surface area (Å²) in [5, 5.41) is 0. The summed E-state index contributed by atoms with van der Waals surface area (Å²) in [6, 6.07) is 3.64. The van der Waals surface area contributed by atoms with Crippen molar-refractivity contribution in [3.63, 3.8) is 0 Å². The first-order valence-corrected chi connectivity index (χ1v) is 8.08. The van der Waals surface area contributed by atoms with Gasteiger partial charge in [-0.1, -0.05) is 0 Å². The second-order valence-corrected chi connectivity index (χ2v) is 5.53. The molecule has 2 heterocycles. The molecule has 1 atom stereocenters. The van der Waals surface area contributed by atoms with Crippen LogP contribution in [0.4, 0.5) is 0 Å². The van der Waals surface area contributed by atoms with E-state index in [0.29, 0.717) is 11.3 Å². The van der Waals surface area contributed by atoms with Crippen LogP contribution < -0.4 is 10.3 Å². The highest BCUT2D eigenvalue weighted by Gasteiger charge is 2.40. The van der Waals surface area contributed by atoms with Crippen LogP contribution in [0, 0.1) is 0 Å². The smallest absolute Gasteiger partial charge is 0.340 e. The lowest BCUT2D eigenvalue weighted by Crippen LogP contribution is -2.33. The van der Waals surface area contributed by atoms with Crippen LogP contribution in [0.15, 0.2) is 47.3 Å². The number of aromatic nitrogens is 1. The third-order valence-electron chi connectivity index (χ3n) is 3.77. The molecular formula is C18H23N2O5+. The molecule has 7 heteroatoms. The molecule has 0 saturated carbocycles. The third kappa shape index (κ3) is 3.81. The number of carbonyl (C=O) groups excluding carboxylic acids is 2. The van der Waals surface area contributed by atoms with Crippen molar-refractivity contribution in [2.75, 3.05) is 13.2 Å². The molecule has 25 heavy (non-hydrogen) atoms. The normalized spacial score (nSPS) is 17.2. The zero-order chi connectivity index (χ0) is 18.6. The number of ether oxygens (including phenoxy) is 3. The van der Waals surface area contributed by atoms with E-state index in [1.165, 1.54) is 0 Å². The second-order valence-electron chi connectivity index (χ2n) is 5.53. The van der Waals surface area contributed by atoms with Crippen LogP contribution in [-0.4, -0.2) is 25.2 Å². The number of esters is 2. The third-order valence-corrected chi connectivity index (χ3v) is 3.77. The largest absolute Gasteiger partial charge is 0.463 e. The first-order chi connectivity index (χ1) is 11.9. The lowest BCUT2D eigenvalue weighted by molar-refractivity contribution is -0.671. The summed E-state index contributed by atoms with van der Waals surface area (Å²) < 4.78 is 17.6. The molecule has 0 bridgehead atoms. The summed E-state index contributed by atoms with van der Waals surface area (Å²) >= 11 is 0. The molecule has 1 aromatic rings. The van der Waals surface area contributed by atoms with Gasteiger partial charge in [-0.3, -0.25) is 0 Å². The van der Waals surface area contributed by atoms with Crippen molar-refractivity contribution in [2.24, 2.45) is 12.8 Å². The van der Waals surface area contributed by atoms with E-state index in [9.17, 15) is 9.59 Å². The predicted octanol–water partition coefficient (Wildman–Crippen LogP) is 1.20. The van der Waals surface area contributed by atoms with Crippen molar-refractivity contribution in [2.45, 2.75) is 26.7 Å². The van der Waals surface area contributed by atoms with Gasteiger partial charge in [-0.2, -0.15) is 0 Å². The first kappa shape index (κ1) is 18.5. The van der Waals surface area contributed by atoms with Gasteiger partial charge in [-0.15, -0.1) is 0 Å². The van der Waals surface area contributed by atoms with E-state index in [4.69, 9.17) is 19.9 Å². The lowest BCUT2D eigenvalue weighted by Gasteiger charge is -2.28. The van der Waals surface area contributed by atoms with Gasteiger partial charge in [0.25, 0.3) is 0 Å². The van der Waals surface area contributed by atoms with Gasteiger partial charge < -0.3 is 19.9 Å². The van der Waals surface area contributed by atoms with Gasteiger partial charge in [0.15, 0.2) is 12.4 Å². The molecule has 0 fully saturated rings. The fourth-order valence-electron chi connectivity index (χ4n) is 2.78. The van der Waals surface area contributed by atoms with E-state index in [0.717, 1.165) is 0 Å². The quantitative estimate of drug-likeness (QED) is 0.635. The van der Waals surface area contributed by atoms with E-state index >= 15 is 0 Å². The number of nitrogens with two attached hydrogens (primary N) is 1. The molecule has 2 N–H and O–H groups in total. The summed E-state index contributed by atoms with van der Waals surface area (Å²) in [7, 11) is 1.85. The molecule has 1 unspecified atom stereocenters. The number of hydrogen-bond donors (Lipinski definition) is 1. The monoisotopic (exact) mass is 347 g/mol. The maximum absolute atomic E-state index is 12.5. The SMILES string of the molecule is CCOC(=O)C1=C(C)OC(N)=C(C(=O)OCC)C1c1ccc[n+](C)c1. The van der Waals surface area contributed by atoms with Crippen molar-refractivity contribution >= 4 is 11.9 Å². The Bertz CT molecular complexity index is 712. The van der Waals surface area contributed by atoms with Gasteiger partial charge >= 0.3 is 11.9 Å². The lowest BCUT2D eigenvalue weighted by atomic mass is 9.83. The Kier molecular flexibility index (Phi) is 5.80. The van der Waals surface area contributed by atoms with Gasteiger partial charge in [-0.05, 0) is 26.8 Å². The number of carbonyl (C=O) groups is 2. The predicted molar refractivity (Wildman–Crippen MR) is 88.6 cm³/mol. The minimum Gasteiger partial charge on any atom is -0.463 e. The zero-order valence-electron chi connectivity index (χ0n) is 14.9. The molecular weight excluding hydrogens is 324 g/mol. The number of pyridine rings is 1. The number of rotatable bonds is 5. The Hall–Kier alpha value is -2.83. The van der Waals surface area contributed by atoms with Crippen molar-refractivity contribution in [3.05, 3.63) is 52.9 Å². The summed E-state index contributed by atoms with van der Waals surface area (Å²) in [5.74, 6) is -1.66. The molecule has 0 aliphatic carbocycles. The number of hydrogen-bond acceptors (Lipinski definition) is 6. The highest BCUT2D eigenvalue weighted by molar-refractivity contribution is 5.99. The number of aryl methyl sites for hydroxylation is 1. The van der Waals surface area contributed by atoms with Crippen LogP contribution in [0.2, 0.25) is 0 Å². The van der Waals surface area contributed by atoms with Crippen molar-refractivity contribution < 1.29 is 28.4 Å². The number of allylic oxidation sites excluding steroid dienone is 1. The van der Waals surface area contributed by atoms with Gasteiger partial charge in [0.1, 0.15) is 18.4 Å². The Morgan fingerprint density at radius 3 is 2.36 bits per heavy atom. The minimum atomic E-state index is -0.723. The molecule has 0 spiro atoms. The van der Waals surface area contributed by atoms with Crippen LogP contribution in [0.1, 0.15) is 32.3 Å². The molecule has 1 aromatic heterocycles. The van der Waals surface area contributed by atoms with E-state index < -0.39 is 17.9 Å². The van der Waals surface area contributed by atoms with Crippen LogP contribution in [0.3, 0.4) is 0 Å². The minimum absolute atomic E-state index is 0.0690. The zero-order valence-corrected chi connectivity index (χ0v) is 14.9. The average molecular weight is 347 g/mol. The maximum Gasteiger partial charge on any atom is 0.340 e. The molecule has 1 aliphatic rings. The molecule has 0 radical (unpaired) electrons. The van der Waals surface area contributed by atoms with Gasteiger partial charge in [0.2, 0.25) is 5.88 Å². The van der Waals surface area contributed by atoms with Gasteiger partial charge in [-0.25, -0.2) is 14.2 Å². The first-order valence-electron chi connectivity index (χ1n) is 8.08. The molecule has 2 rings (SSSR count). The van der Waals surface area contributed by atoms with Crippen molar-refractivity contribution in [1.82, 2.24) is 0 Å². The van der Waals surface area contributed by atoms with Gasteiger partial charge in [0, 0.05) is 11.6 Å². The van der Waals surface area contributed by atoms with E-state index in [-0.39, 0.29) is 30.2 Å². The molecule has 0 aromatic carbocycles. The van der Waals surface area contributed by atoms with E-state index in [1.54, 1.807) is 20.8 Å². The summed E-state index contributed by atoms with van der Waals surface area (Å²) in [6.07, 6.45) is 3.66. The standard InChI is InChI=1S/C18H22N2O5/c1-5-23-17(21)13-11(3)25-16(19)15(18(22)24-6-2)14(13)12-8-7-9-20(4)10-12/h7-10,14H,5-6H2,1-4H3,(H-,19,22)/p+1. The van der Waals surface area contributed by atoms with Crippen molar-refractivity contribution in [3.8, 4) is 0 Å². The van der Waals surface area contributed by atoms with E-state index in [2.05, 4.69) is 0 Å². The van der Waals surface area contributed by atoms with Crippen LogP contribution in [0.25, 0.3) is 0 Å². The maximum atomic E-state index is 12.5. The molecule has 0 saturated heterocycles. The van der Waals surface area contributed by atoms with Crippen LogP contribution in [0.5, 0.6) is 0 Å². The fourth-order valence-corrected chi connectivity index (χ4v) is 2.78. The Morgan fingerprint density at radius 2 is 1.80 bits per heavy atom. The summed E-state index contributed by atoms with van der Waals surface area (Å²) in [4.78, 5) is 25.0. The Morgan fingerprint density at radius 1 is 1.20 bits per heavy atom.